The molecule has 0 rings (SSSR count). The number of esters is 4. The van der Waals surface area contributed by atoms with Crippen LogP contribution in [0.2, 0.25) is 0 Å². The lowest BCUT2D eigenvalue weighted by Gasteiger charge is -2.21. The quantitative estimate of drug-likeness (QED) is 0.0222. The van der Waals surface area contributed by atoms with Crippen molar-refractivity contribution in [2.75, 3.05) is 39.6 Å². The Morgan fingerprint density at radius 2 is 0.455 bits per heavy atom. The molecule has 0 fully saturated rings. The van der Waals surface area contributed by atoms with Gasteiger partial charge in [0, 0.05) is 25.7 Å². The Morgan fingerprint density at radius 3 is 0.673 bits per heavy atom. The predicted molar refractivity (Wildman–Crippen MR) is 414 cm³/mol. The molecule has 0 heterocycles. The Bertz CT molecular complexity index is 1960. The molecule has 0 radical (unpaired) electrons. The van der Waals surface area contributed by atoms with Crippen molar-refractivity contribution in [3.63, 3.8) is 0 Å². The number of rotatable bonds is 80. The Morgan fingerprint density at radius 1 is 0.267 bits per heavy atom. The third-order valence-corrected chi connectivity index (χ3v) is 21.0. The molecule has 0 saturated heterocycles. The second-order valence-electron chi connectivity index (χ2n) is 30.9. The Labute approximate surface area is 619 Å². The Kier molecular flexibility index (Phi) is 70.9. The summed E-state index contributed by atoms with van der Waals surface area (Å²) in [6, 6.07) is 0. The number of phosphoric ester groups is 2. The van der Waals surface area contributed by atoms with Gasteiger partial charge in [-0.05, 0) is 43.4 Å². The van der Waals surface area contributed by atoms with Crippen molar-refractivity contribution in [1.82, 2.24) is 0 Å². The summed E-state index contributed by atoms with van der Waals surface area (Å²) in [6.07, 6.45) is 61.3. The number of carbonyl (C=O) groups is 4. The number of aliphatic hydroxyl groups is 1. The number of hydrogen-bond donors (Lipinski definition) is 3. The molecular formula is C82H160O17P2. The maximum absolute atomic E-state index is 13.1. The molecule has 19 heteroatoms. The van der Waals surface area contributed by atoms with Gasteiger partial charge in [-0.2, -0.15) is 0 Å². The molecule has 3 N–H and O–H groups in total. The highest BCUT2D eigenvalue weighted by Crippen LogP contribution is 2.45. The van der Waals surface area contributed by atoms with Crippen LogP contribution in [-0.4, -0.2) is 96.7 Å². The second kappa shape index (κ2) is 72.3. The minimum Gasteiger partial charge on any atom is -0.462 e. The van der Waals surface area contributed by atoms with Crippen molar-refractivity contribution in [1.29, 1.82) is 0 Å². The van der Waals surface area contributed by atoms with Crippen LogP contribution in [0, 0.1) is 17.8 Å². The summed E-state index contributed by atoms with van der Waals surface area (Å²) in [5.41, 5.74) is 0. The van der Waals surface area contributed by atoms with Crippen molar-refractivity contribution in [3.8, 4) is 0 Å². The topological polar surface area (TPSA) is 237 Å². The van der Waals surface area contributed by atoms with E-state index in [9.17, 15) is 43.2 Å². The molecule has 600 valence electrons. The normalized spacial score (nSPS) is 14.0. The highest BCUT2D eigenvalue weighted by atomic mass is 31.2. The maximum atomic E-state index is 13.1. The Balaban J connectivity index is 5.21. The largest absolute Gasteiger partial charge is 0.472 e. The van der Waals surface area contributed by atoms with Gasteiger partial charge in [-0.25, -0.2) is 9.13 Å². The first-order chi connectivity index (χ1) is 48.7. The van der Waals surface area contributed by atoms with Gasteiger partial charge in [0.15, 0.2) is 12.2 Å². The van der Waals surface area contributed by atoms with E-state index in [0.717, 1.165) is 108 Å². The Hall–Kier alpha value is -1.94. The molecule has 0 saturated carbocycles. The molecular weight excluding hydrogens is 1320 g/mol. The summed E-state index contributed by atoms with van der Waals surface area (Å²) in [6.45, 7) is 11.9. The molecule has 2 unspecified atom stereocenters. The van der Waals surface area contributed by atoms with E-state index in [1.807, 2.05) is 0 Å². The smallest absolute Gasteiger partial charge is 0.462 e. The lowest BCUT2D eigenvalue weighted by molar-refractivity contribution is -0.161. The zero-order chi connectivity index (χ0) is 74.4. The van der Waals surface area contributed by atoms with E-state index < -0.39 is 97.5 Å². The average Bonchev–Trinajstić information content (AvgIpc) is 0.942. The van der Waals surface area contributed by atoms with Gasteiger partial charge in [-0.1, -0.05) is 376 Å². The van der Waals surface area contributed by atoms with E-state index in [2.05, 4.69) is 48.5 Å². The van der Waals surface area contributed by atoms with Crippen LogP contribution in [0.25, 0.3) is 0 Å². The fourth-order valence-corrected chi connectivity index (χ4v) is 14.2. The van der Waals surface area contributed by atoms with Crippen LogP contribution in [0.3, 0.4) is 0 Å². The van der Waals surface area contributed by atoms with Gasteiger partial charge in [-0.3, -0.25) is 37.3 Å². The minimum atomic E-state index is -4.96. The summed E-state index contributed by atoms with van der Waals surface area (Å²) >= 11 is 0. The van der Waals surface area contributed by atoms with Gasteiger partial charge >= 0.3 is 39.5 Å². The first-order valence-electron chi connectivity index (χ1n) is 42.3. The van der Waals surface area contributed by atoms with Gasteiger partial charge < -0.3 is 33.8 Å². The number of hydrogen-bond acceptors (Lipinski definition) is 15. The van der Waals surface area contributed by atoms with E-state index in [1.54, 1.807) is 0 Å². The average molecular weight is 1480 g/mol. The van der Waals surface area contributed by atoms with Crippen LogP contribution in [0.1, 0.15) is 427 Å². The highest BCUT2D eigenvalue weighted by Gasteiger charge is 2.30. The molecule has 0 bridgehead atoms. The van der Waals surface area contributed by atoms with Crippen molar-refractivity contribution >= 4 is 39.5 Å². The van der Waals surface area contributed by atoms with Crippen LogP contribution < -0.4 is 0 Å². The number of carbonyl (C=O) groups excluding carboxylic acids is 4. The molecule has 0 aromatic rings. The predicted octanol–water partition coefficient (Wildman–Crippen LogP) is 24.5. The first-order valence-corrected chi connectivity index (χ1v) is 45.3. The monoisotopic (exact) mass is 1480 g/mol. The lowest BCUT2D eigenvalue weighted by Crippen LogP contribution is -2.30. The van der Waals surface area contributed by atoms with Crippen molar-refractivity contribution in [2.45, 2.75) is 446 Å². The van der Waals surface area contributed by atoms with Crippen molar-refractivity contribution < 1.29 is 80.2 Å². The second-order valence-corrected chi connectivity index (χ2v) is 33.8. The highest BCUT2D eigenvalue weighted by molar-refractivity contribution is 7.47. The van der Waals surface area contributed by atoms with Gasteiger partial charge in [0.2, 0.25) is 0 Å². The van der Waals surface area contributed by atoms with E-state index in [-0.39, 0.29) is 25.7 Å². The molecule has 0 aliphatic heterocycles. The standard InChI is InChI=1S/C82H160O17P2/c1-8-9-10-11-12-13-14-15-16-17-18-19-20-21-22-23-28-31-34-44-51-58-65-81(86)98-77(69-92-79(84)63-56-49-42-33-30-27-25-24-26-29-32-39-46-53-60-73(2)3)71-96-100(88,89)94-67-76(83)68-95-101(90,91)97-72-78(99-82(87)66-59-52-45-38-36-41-48-55-62-75(6)7)70-93-80(85)64-57-50-43-37-35-40-47-54-61-74(4)5/h73-78,83H,8-72H2,1-7H3,(H,88,89)(H,90,91)/t76-,77-,78-/m1/s1. The van der Waals surface area contributed by atoms with E-state index in [0.29, 0.717) is 25.7 Å². The SMILES string of the molecule is CCCCCCCCCCCCCCCCCCCCCCCCC(=O)O[C@H](COC(=O)CCCCCCCCCCCCCCCCC(C)C)COP(=O)(O)OC[C@@H](O)COP(=O)(O)OC[C@@H](COC(=O)CCCCCCCCCCC(C)C)OC(=O)CCCCCCCCCCC(C)C. The minimum absolute atomic E-state index is 0.104. The van der Waals surface area contributed by atoms with E-state index in [1.165, 1.54) is 238 Å². The molecule has 17 nitrogen and oxygen atoms in total. The maximum Gasteiger partial charge on any atom is 0.472 e. The number of unbranched alkanes of at least 4 members (excludes halogenated alkanes) is 48. The van der Waals surface area contributed by atoms with Crippen LogP contribution in [-0.2, 0) is 65.4 Å². The number of ether oxygens (including phenoxy) is 4. The van der Waals surface area contributed by atoms with Crippen LogP contribution in [0.5, 0.6) is 0 Å². The third kappa shape index (κ3) is 76.1. The van der Waals surface area contributed by atoms with Crippen LogP contribution in [0.15, 0.2) is 0 Å². The summed E-state index contributed by atoms with van der Waals surface area (Å²) < 4.78 is 68.7. The van der Waals surface area contributed by atoms with Gasteiger partial charge in [0.25, 0.3) is 0 Å². The fourth-order valence-electron chi connectivity index (χ4n) is 12.7. The summed E-state index contributed by atoms with van der Waals surface area (Å²) in [5, 5.41) is 10.6. The molecule has 0 aliphatic rings. The summed E-state index contributed by atoms with van der Waals surface area (Å²) in [5.74, 6) is 0.130. The molecule has 0 spiro atoms. The first kappa shape index (κ1) is 99.1. The van der Waals surface area contributed by atoms with Gasteiger partial charge in [0.05, 0.1) is 26.4 Å². The van der Waals surface area contributed by atoms with Crippen molar-refractivity contribution in [2.24, 2.45) is 17.8 Å². The van der Waals surface area contributed by atoms with Gasteiger partial charge in [-0.15, -0.1) is 0 Å². The van der Waals surface area contributed by atoms with Crippen LogP contribution >= 0.6 is 15.6 Å². The zero-order valence-electron chi connectivity index (χ0n) is 66.4. The summed E-state index contributed by atoms with van der Waals surface area (Å²) in [4.78, 5) is 73.0. The third-order valence-electron chi connectivity index (χ3n) is 19.1. The molecule has 0 aliphatic carbocycles. The lowest BCUT2D eigenvalue weighted by atomic mass is 10.0. The molecule has 0 amide bonds. The molecule has 0 aromatic carbocycles. The molecule has 5 atom stereocenters. The number of phosphoric acid groups is 2. The molecule has 0 aromatic heterocycles. The van der Waals surface area contributed by atoms with Crippen LogP contribution in [0.4, 0.5) is 0 Å². The van der Waals surface area contributed by atoms with E-state index in [4.69, 9.17) is 37.0 Å². The summed E-state index contributed by atoms with van der Waals surface area (Å²) in [7, 11) is -9.92. The van der Waals surface area contributed by atoms with E-state index >= 15 is 0 Å². The van der Waals surface area contributed by atoms with Gasteiger partial charge in [0.1, 0.15) is 19.3 Å². The zero-order valence-corrected chi connectivity index (χ0v) is 68.2. The molecule has 101 heavy (non-hydrogen) atoms. The fraction of sp³-hybridized carbons (Fsp3) is 0.951. The number of aliphatic hydroxyl groups excluding tert-OH is 1. The van der Waals surface area contributed by atoms with Crippen molar-refractivity contribution in [3.05, 3.63) is 0 Å².